The van der Waals surface area contributed by atoms with Crippen LogP contribution in [0.4, 0.5) is 5.69 Å². The van der Waals surface area contributed by atoms with E-state index >= 15 is 0 Å². The standard InChI is InChI=1S/C14H12ClN3O3/c1-8-2-4-10(18(19)20)7-12(8)21-13-6-9(15)3-5-11(13)14(16)17/h2-7H,1H3,(H3,16,17). The first kappa shape index (κ1) is 14.8. The lowest BCUT2D eigenvalue weighted by Gasteiger charge is -2.12. The van der Waals surface area contributed by atoms with E-state index in [9.17, 15) is 10.1 Å². The summed E-state index contributed by atoms with van der Waals surface area (Å²) in [5.41, 5.74) is 6.49. The van der Waals surface area contributed by atoms with Crippen LogP contribution in [-0.4, -0.2) is 10.8 Å². The van der Waals surface area contributed by atoms with Crippen molar-refractivity contribution in [2.45, 2.75) is 6.92 Å². The molecule has 2 aromatic rings. The molecule has 3 N–H and O–H groups in total. The molecule has 0 unspecified atom stereocenters. The largest absolute Gasteiger partial charge is 0.456 e. The van der Waals surface area contributed by atoms with Gasteiger partial charge in [-0.2, -0.15) is 0 Å². The molecule has 2 rings (SSSR count). The van der Waals surface area contributed by atoms with Gasteiger partial charge in [0.05, 0.1) is 16.6 Å². The highest BCUT2D eigenvalue weighted by atomic mass is 35.5. The molecule has 7 heteroatoms. The number of aryl methyl sites for hydroxylation is 1. The minimum absolute atomic E-state index is 0.0815. The SMILES string of the molecule is Cc1ccc([N+](=O)[O-])cc1Oc1cc(Cl)ccc1C(=N)N. The molecule has 0 heterocycles. The number of hydrogen-bond acceptors (Lipinski definition) is 4. The molecule has 108 valence electrons. The Labute approximate surface area is 125 Å². The summed E-state index contributed by atoms with van der Waals surface area (Å²) in [5, 5.41) is 18.8. The van der Waals surface area contributed by atoms with Crippen molar-refractivity contribution in [2.75, 3.05) is 0 Å². The molecule has 0 aliphatic carbocycles. The third-order valence-electron chi connectivity index (χ3n) is 2.84. The van der Waals surface area contributed by atoms with Gasteiger partial charge in [-0.05, 0) is 30.7 Å². The monoisotopic (exact) mass is 305 g/mol. The maximum atomic E-state index is 10.8. The highest BCUT2D eigenvalue weighted by Crippen LogP contribution is 2.32. The first-order valence-electron chi connectivity index (χ1n) is 5.95. The van der Waals surface area contributed by atoms with Crippen LogP contribution in [0.5, 0.6) is 11.5 Å². The van der Waals surface area contributed by atoms with E-state index in [-0.39, 0.29) is 17.3 Å². The average molecular weight is 306 g/mol. The summed E-state index contributed by atoms with van der Waals surface area (Å²) in [6.45, 7) is 1.76. The summed E-state index contributed by atoms with van der Waals surface area (Å²) in [4.78, 5) is 10.3. The van der Waals surface area contributed by atoms with Gasteiger partial charge in [0.25, 0.3) is 5.69 Å². The number of benzene rings is 2. The molecule has 0 radical (unpaired) electrons. The molecule has 0 fully saturated rings. The number of halogens is 1. The maximum absolute atomic E-state index is 10.8. The van der Waals surface area contributed by atoms with Crippen molar-refractivity contribution < 1.29 is 9.66 Å². The second kappa shape index (κ2) is 5.80. The van der Waals surface area contributed by atoms with Gasteiger partial charge in [0.2, 0.25) is 0 Å². The third kappa shape index (κ3) is 3.29. The Morgan fingerprint density at radius 3 is 2.62 bits per heavy atom. The summed E-state index contributed by atoms with van der Waals surface area (Å²) in [7, 11) is 0. The summed E-state index contributed by atoms with van der Waals surface area (Å²) < 4.78 is 5.66. The van der Waals surface area contributed by atoms with E-state index in [1.54, 1.807) is 25.1 Å². The maximum Gasteiger partial charge on any atom is 0.273 e. The number of nitrogen functional groups attached to an aromatic ring is 1. The van der Waals surface area contributed by atoms with Crippen LogP contribution >= 0.6 is 11.6 Å². The van der Waals surface area contributed by atoms with Crippen molar-refractivity contribution in [3.8, 4) is 11.5 Å². The fourth-order valence-electron chi connectivity index (χ4n) is 1.73. The highest BCUT2D eigenvalue weighted by Gasteiger charge is 2.13. The average Bonchev–Trinajstić information content (AvgIpc) is 2.40. The van der Waals surface area contributed by atoms with Gasteiger partial charge in [0.15, 0.2) is 0 Å². The molecule has 21 heavy (non-hydrogen) atoms. The Balaban J connectivity index is 2.47. The summed E-state index contributed by atoms with van der Waals surface area (Å²) in [6, 6.07) is 8.96. The lowest BCUT2D eigenvalue weighted by Crippen LogP contribution is -2.12. The second-order valence-corrected chi connectivity index (χ2v) is 4.80. The third-order valence-corrected chi connectivity index (χ3v) is 3.07. The number of rotatable bonds is 4. The van der Waals surface area contributed by atoms with E-state index in [2.05, 4.69) is 0 Å². The minimum atomic E-state index is -0.504. The highest BCUT2D eigenvalue weighted by molar-refractivity contribution is 6.30. The molecule has 0 aliphatic rings. The first-order chi connectivity index (χ1) is 9.88. The zero-order valence-electron chi connectivity index (χ0n) is 11.1. The van der Waals surface area contributed by atoms with Crippen molar-refractivity contribution >= 4 is 23.1 Å². The number of non-ortho nitro benzene ring substituents is 1. The number of nitro benzene ring substituents is 1. The molecule has 0 amide bonds. The molecular formula is C14H12ClN3O3. The zero-order chi connectivity index (χ0) is 15.6. The van der Waals surface area contributed by atoms with Crippen molar-refractivity contribution in [3.63, 3.8) is 0 Å². The predicted octanol–water partition coefficient (Wildman–Crippen LogP) is 3.63. The molecule has 6 nitrogen and oxygen atoms in total. The summed E-state index contributed by atoms with van der Waals surface area (Å²) in [5.74, 6) is 0.414. The molecule has 0 spiro atoms. The van der Waals surface area contributed by atoms with Gasteiger partial charge in [-0.15, -0.1) is 0 Å². The molecule has 0 bridgehead atoms. The van der Waals surface area contributed by atoms with Crippen molar-refractivity contribution in [3.05, 3.63) is 62.7 Å². The smallest absolute Gasteiger partial charge is 0.273 e. The molecule has 0 saturated carbocycles. The van der Waals surface area contributed by atoms with Gasteiger partial charge >= 0.3 is 0 Å². The van der Waals surface area contributed by atoms with Crippen LogP contribution in [0, 0.1) is 22.4 Å². The minimum Gasteiger partial charge on any atom is -0.456 e. The van der Waals surface area contributed by atoms with Gasteiger partial charge in [0.1, 0.15) is 17.3 Å². The summed E-state index contributed by atoms with van der Waals surface area (Å²) >= 11 is 5.91. The Bertz CT molecular complexity index is 731. The fraction of sp³-hybridized carbons (Fsp3) is 0.0714. The van der Waals surface area contributed by atoms with Gasteiger partial charge in [0, 0.05) is 17.2 Å². The van der Waals surface area contributed by atoms with Crippen LogP contribution < -0.4 is 10.5 Å². The first-order valence-corrected chi connectivity index (χ1v) is 6.33. The quantitative estimate of drug-likeness (QED) is 0.389. The van der Waals surface area contributed by atoms with Gasteiger partial charge < -0.3 is 10.5 Å². The van der Waals surface area contributed by atoms with Crippen LogP contribution in [0.25, 0.3) is 0 Å². The second-order valence-electron chi connectivity index (χ2n) is 4.36. The number of nitrogens with two attached hydrogens (primary N) is 1. The van der Waals surface area contributed by atoms with E-state index in [4.69, 9.17) is 27.5 Å². The van der Waals surface area contributed by atoms with Crippen LogP contribution in [0.15, 0.2) is 36.4 Å². The lowest BCUT2D eigenvalue weighted by atomic mass is 10.1. The van der Waals surface area contributed by atoms with Crippen molar-refractivity contribution in [1.29, 1.82) is 5.41 Å². The number of nitro groups is 1. The number of nitrogens with zero attached hydrogens (tertiary/aromatic N) is 1. The van der Waals surface area contributed by atoms with E-state index < -0.39 is 4.92 Å². The normalized spacial score (nSPS) is 10.2. The van der Waals surface area contributed by atoms with E-state index in [0.29, 0.717) is 16.3 Å². The van der Waals surface area contributed by atoms with E-state index in [0.717, 1.165) is 5.56 Å². The van der Waals surface area contributed by atoms with Crippen LogP contribution in [0.3, 0.4) is 0 Å². The molecular weight excluding hydrogens is 294 g/mol. The number of ether oxygens (including phenoxy) is 1. The number of nitrogens with one attached hydrogen (secondary N) is 1. The zero-order valence-corrected chi connectivity index (χ0v) is 11.8. The van der Waals surface area contributed by atoms with Crippen LogP contribution in [0.1, 0.15) is 11.1 Å². The van der Waals surface area contributed by atoms with Crippen molar-refractivity contribution in [1.82, 2.24) is 0 Å². The molecule has 0 atom stereocenters. The van der Waals surface area contributed by atoms with Crippen LogP contribution in [-0.2, 0) is 0 Å². The van der Waals surface area contributed by atoms with E-state index in [1.807, 2.05) is 0 Å². The molecule has 0 saturated heterocycles. The summed E-state index contributed by atoms with van der Waals surface area (Å²) in [6.07, 6.45) is 0. The van der Waals surface area contributed by atoms with Crippen LogP contribution in [0.2, 0.25) is 5.02 Å². The Morgan fingerprint density at radius 2 is 2.00 bits per heavy atom. The van der Waals surface area contributed by atoms with Gasteiger partial charge in [-0.25, -0.2) is 0 Å². The predicted molar refractivity (Wildman–Crippen MR) is 80.4 cm³/mol. The molecule has 0 aromatic heterocycles. The fourth-order valence-corrected chi connectivity index (χ4v) is 1.90. The topological polar surface area (TPSA) is 102 Å². The molecule has 2 aromatic carbocycles. The Morgan fingerprint density at radius 1 is 1.29 bits per heavy atom. The Hall–Kier alpha value is -2.60. The van der Waals surface area contributed by atoms with Crippen molar-refractivity contribution in [2.24, 2.45) is 5.73 Å². The van der Waals surface area contributed by atoms with Gasteiger partial charge in [-0.1, -0.05) is 11.6 Å². The number of hydrogen-bond donors (Lipinski definition) is 2. The lowest BCUT2D eigenvalue weighted by molar-refractivity contribution is -0.384. The molecule has 0 aliphatic heterocycles. The van der Waals surface area contributed by atoms with Gasteiger partial charge in [-0.3, -0.25) is 15.5 Å². The Kier molecular flexibility index (Phi) is 4.09. The number of amidine groups is 1. The van der Waals surface area contributed by atoms with E-state index in [1.165, 1.54) is 18.2 Å².